The lowest BCUT2D eigenvalue weighted by molar-refractivity contribution is -0.148. The lowest BCUT2D eigenvalue weighted by Crippen LogP contribution is -2.37. The average Bonchev–Trinajstić information content (AvgIpc) is 3.15. The Bertz CT molecular complexity index is 706. The maximum atomic E-state index is 12.2. The highest BCUT2D eigenvalue weighted by molar-refractivity contribution is 5.87. The highest BCUT2D eigenvalue weighted by atomic mass is 16.7. The molecule has 1 heterocycles. The molecule has 3 nitrogen and oxygen atoms in total. The third kappa shape index (κ3) is 1.80. The Hall–Kier alpha value is -1.87. The van der Waals surface area contributed by atoms with Crippen molar-refractivity contribution in [2.75, 3.05) is 7.11 Å². The van der Waals surface area contributed by atoms with Gasteiger partial charge in [0.15, 0.2) is 0 Å². The second-order valence-electron chi connectivity index (χ2n) is 6.08. The Morgan fingerprint density at radius 3 is 2.43 bits per heavy atom. The van der Waals surface area contributed by atoms with Crippen LogP contribution in [0.15, 0.2) is 42.5 Å². The third-order valence-corrected chi connectivity index (χ3v) is 4.63. The van der Waals surface area contributed by atoms with Gasteiger partial charge in [0.05, 0.1) is 7.11 Å². The Kier molecular flexibility index (Phi) is 3.06. The van der Waals surface area contributed by atoms with Crippen LogP contribution in [0.5, 0.6) is 0 Å². The van der Waals surface area contributed by atoms with Crippen molar-refractivity contribution in [3.8, 4) is 0 Å². The van der Waals surface area contributed by atoms with Crippen molar-refractivity contribution >= 4 is 16.7 Å². The van der Waals surface area contributed by atoms with Gasteiger partial charge in [0.25, 0.3) is 0 Å². The highest BCUT2D eigenvalue weighted by Gasteiger charge is 2.75. The van der Waals surface area contributed by atoms with E-state index in [1.165, 1.54) is 12.5 Å². The predicted octanol–water partition coefficient (Wildman–Crippen LogP) is 3.65. The first-order valence-electron chi connectivity index (χ1n) is 7.23. The van der Waals surface area contributed by atoms with Crippen LogP contribution in [0, 0.1) is 5.92 Å². The number of methoxy groups -OCH3 is 1. The van der Waals surface area contributed by atoms with E-state index in [9.17, 15) is 4.79 Å². The molecule has 3 rings (SSSR count). The lowest BCUT2D eigenvalue weighted by Gasteiger charge is -2.19. The van der Waals surface area contributed by atoms with E-state index in [0.717, 1.165) is 10.9 Å². The van der Waals surface area contributed by atoms with Crippen molar-refractivity contribution in [3.63, 3.8) is 0 Å². The summed E-state index contributed by atoms with van der Waals surface area (Å²) in [5, 5.41) is 2.33. The molecule has 2 atom stereocenters. The zero-order chi connectivity index (χ0) is 15.3. The number of fused-ring (bicyclic) bond motifs is 1. The fraction of sp³-hybridized carbons (Fsp3) is 0.389. The van der Waals surface area contributed by atoms with Crippen molar-refractivity contribution in [2.24, 2.45) is 5.92 Å². The number of ether oxygens (including phenoxy) is 2. The molecule has 2 unspecified atom stereocenters. The normalized spacial score (nSPS) is 27.9. The molecule has 1 aliphatic heterocycles. The molecule has 0 saturated carbocycles. The van der Waals surface area contributed by atoms with E-state index in [-0.39, 0.29) is 11.9 Å². The number of carbonyl (C=O) groups is 1. The number of esters is 1. The molecule has 2 aromatic carbocycles. The summed E-state index contributed by atoms with van der Waals surface area (Å²) in [6, 6.07) is 14.4. The summed E-state index contributed by atoms with van der Waals surface area (Å²) in [6.07, 6.45) is 0. The maximum Gasteiger partial charge on any atom is 0.341 e. The molecule has 0 spiro atoms. The Labute approximate surface area is 124 Å². The van der Waals surface area contributed by atoms with Crippen LogP contribution in [0.2, 0.25) is 0 Å². The van der Waals surface area contributed by atoms with Gasteiger partial charge in [0.2, 0.25) is 5.60 Å². The molecular formula is C18H20O3. The number of carbonyl (C=O) groups excluding carboxylic acids is 1. The summed E-state index contributed by atoms with van der Waals surface area (Å²) in [5.41, 5.74) is -0.497. The Balaban J connectivity index is 2.08. The van der Waals surface area contributed by atoms with Gasteiger partial charge >= 0.3 is 5.97 Å². The molecule has 3 heteroatoms. The number of hydrogen-bond donors (Lipinski definition) is 0. The molecule has 0 radical (unpaired) electrons. The van der Waals surface area contributed by atoms with Gasteiger partial charge < -0.3 is 9.47 Å². The Morgan fingerprint density at radius 2 is 1.81 bits per heavy atom. The van der Waals surface area contributed by atoms with Crippen LogP contribution in [0.4, 0.5) is 0 Å². The van der Waals surface area contributed by atoms with Gasteiger partial charge in [-0.3, -0.25) is 0 Å². The first-order valence-corrected chi connectivity index (χ1v) is 7.23. The molecule has 1 aliphatic rings. The van der Waals surface area contributed by atoms with E-state index in [0.29, 0.717) is 0 Å². The van der Waals surface area contributed by atoms with Gasteiger partial charge in [-0.25, -0.2) is 4.79 Å². The van der Waals surface area contributed by atoms with Crippen molar-refractivity contribution in [2.45, 2.75) is 32.0 Å². The smallest absolute Gasteiger partial charge is 0.341 e. The fourth-order valence-electron chi connectivity index (χ4n) is 3.35. The largest absolute Gasteiger partial charge is 0.467 e. The summed E-state index contributed by atoms with van der Waals surface area (Å²) in [6.45, 7) is 5.94. The molecule has 2 aromatic rings. The van der Waals surface area contributed by atoms with E-state index in [4.69, 9.17) is 9.47 Å². The van der Waals surface area contributed by atoms with Crippen LogP contribution in [-0.4, -0.2) is 18.7 Å². The average molecular weight is 284 g/mol. The van der Waals surface area contributed by atoms with E-state index in [1.807, 2.05) is 39.0 Å². The quantitative estimate of drug-likeness (QED) is 0.638. The summed E-state index contributed by atoms with van der Waals surface area (Å²) < 4.78 is 10.9. The van der Waals surface area contributed by atoms with E-state index in [1.54, 1.807) is 0 Å². The summed E-state index contributed by atoms with van der Waals surface area (Å²) in [5.74, 6) is -0.255. The SMILES string of the molecule is COC(=O)C1(C(C)C)OC1(C)c1ccc2ccccc2c1. The minimum Gasteiger partial charge on any atom is -0.467 e. The first-order chi connectivity index (χ1) is 9.95. The van der Waals surface area contributed by atoms with Crippen LogP contribution < -0.4 is 0 Å². The lowest BCUT2D eigenvalue weighted by atomic mass is 9.80. The zero-order valence-corrected chi connectivity index (χ0v) is 12.8. The zero-order valence-electron chi connectivity index (χ0n) is 12.8. The second kappa shape index (κ2) is 4.57. The van der Waals surface area contributed by atoms with Gasteiger partial charge in [-0.2, -0.15) is 0 Å². The molecule has 0 aromatic heterocycles. The first kappa shape index (κ1) is 14.1. The molecule has 110 valence electrons. The van der Waals surface area contributed by atoms with Crippen LogP contribution in [0.3, 0.4) is 0 Å². The van der Waals surface area contributed by atoms with Gasteiger partial charge in [-0.05, 0) is 35.2 Å². The van der Waals surface area contributed by atoms with Gasteiger partial charge in [0.1, 0.15) is 5.60 Å². The molecule has 0 N–H and O–H groups in total. The van der Waals surface area contributed by atoms with Crippen LogP contribution in [0.1, 0.15) is 26.3 Å². The number of benzene rings is 2. The number of rotatable bonds is 3. The summed E-state index contributed by atoms with van der Waals surface area (Å²) in [4.78, 5) is 12.2. The number of hydrogen-bond acceptors (Lipinski definition) is 3. The van der Waals surface area contributed by atoms with E-state index < -0.39 is 11.2 Å². The van der Waals surface area contributed by atoms with Crippen LogP contribution in [0.25, 0.3) is 10.8 Å². The van der Waals surface area contributed by atoms with Gasteiger partial charge in [-0.1, -0.05) is 50.2 Å². The second-order valence-corrected chi connectivity index (χ2v) is 6.08. The minimum atomic E-state index is -0.885. The van der Waals surface area contributed by atoms with Gasteiger partial charge in [0, 0.05) is 0 Å². The van der Waals surface area contributed by atoms with E-state index >= 15 is 0 Å². The van der Waals surface area contributed by atoms with Crippen molar-refractivity contribution in [1.82, 2.24) is 0 Å². The van der Waals surface area contributed by atoms with Crippen molar-refractivity contribution in [3.05, 3.63) is 48.0 Å². The summed E-state index contributed by atoms with van der Waals surface area (Å²) in [7, 11) is 1.41. The molecule has 1 saturated heterocycles. The predicted molar refractivity (Wildman–Crippen MR) is 82.0 cm³/mol. The molecular weight excluding hydrogens is 264 g/mol. The molecule has 0 aliphatic carbocycles. The van der Waals surface area contributed by atoms with Crippen LogP contribution >= 0.6 is 0 Å². The molecule has 21 heavy (non-hydrogen) atoms. The molecule has 1 fully saturated rings. The highest BCUT2D eigenvalue weighted by Crippen LogP contribution is 2.60. The summed E-state index contributed by atoms with van der Waals surface area (Å²) >= 11 is 0. The Morgan fingerprint density at radius 1 is 1.14 bits per heavy atom. The van der Waals surface area contributed by atoms with Crippen LogP contribution in [-0.2, 0) is 19.9 Å². The standard InChI is InChI=1S/C18H20O3/c1-12(2)18(16(19)20-4)17(3,21-18)15-10-9-13-7-5-6-8-14(13)11-15/h5-12H,1-4H3. The maximum absolute atomic E-state index is 12.2. The fourth-order valence-corrected chi connectivity index (χ4v) is 3.35. The topological polar surface area (TPSA) is 38.8 Å². The number of epoxide rings is 1. The van der Waals surface area contributed by atoms with Crippen molar-refractivity contribution < 1.29 is 14.3 Å². The third-order valence-electron chi connectivity index (χ3n) is 4.63. The van der Waals surface area contributed by atoms with Gasteiger partial charge in [-0.15, -0.1) is 0 Å². The van der Waals surface area contributed by atoms with E-state index in [2.05, 4.69) is 24.3 Å². The van der Waals surface area contributed by atoms with Crippen molar-refractivity contribution in [1.29, 1.82) is 0 Å². The molecule has 0 amide bonds. The molecule has 0 bridgehead atoms. The minimum absolute atomic E-state index is 0.0430. The monoisotopic (exact) mass is 284 g/mol.